The third-order valence-electron chi connectivity index (χ3n) is 1.70. The zero-order chi connectivity index (χ0) is 9.14. The molecule has 1 aromatic rings. The maximum absolute atomic E-state index is 10.9. The molecule has 0 bridgehead atoms. The first-order valence-corrected chi connectivity index (χ1v) is 4.48. The highest BCUT2D eigenvalue weighted by Gasteiger charge is 2.15. The number of ketones is 1. The van der Waals surface area contributed by atoms with Crippen molar-refractivity contribution in [1.29, 1.82) is 0 Å². The summed E-state index contributed by atoms with van der Waals surface area (Å²) in [6, 6.07) is 1.20. The van der Waals surface area contributed by atoms with E-state index in [4.69, 9.17) is 10.8 Å². The standard InChI is InChI=1S/C8H11NO2S/c1-5(11)8(9)6-2-3-12-7(6)4-10/h2-3,8,10H,4,9H2,1H3. The van der Waals surface area contributed by atoms with Gasteiger partial charge in [0.2, 0.25) is 0 Å². The van der Waals surface area contributed by atoms with Crippen molar-refractivity contribution in [2.45, 2.75) is 19.6 Å². The second-order valence-corrected chi connectivity index (χ2v) is 3.55. The van der Waals surface area contributed by atoms with E-state index < -0.39 is 6.04 Å². The molecular weight excluding hydrogens is 174 g/mol. The Morgan fingerprint density at radius 2 is 2.50 bits per heavy atom. The Bertz CT molecular complexity index is 282. The molecule has 0 aliphatic carbocycles. The molecule has 0 fully saturated rings. The molecule has 0 aliphatic heterocycles. The Morgan fingerprint density at radius 1 is 1.83 bits per heavy atom. The van der Waals surface area contributed by atoms with E-state index in [-0.39, 0.29) is 12.4 Å². The van der Waals surface area contributed by atoms with Crippen molar-refractivity contribution in [3.05, 3.63) is 21.9 Å². The molecule has 0 amide bonds. The summed E-state index contributed by atoms with van der Waals surface area (Å²) in [4.78, 5) is 11.7. The van der Waals surface area contributed by atoms with E-state index in [2.05, 4.69) is 0 Å². The minimum atomic E-state index is -0.585. The van der Waals surface area contributed by atoms with E-state index in [1.807, 2.05) is 5.38 Å². The van der Waals surface area contributed by atoms with Gasteiger partial charge in [0.15, 0.2) is 5.78 Å². The molecule has 1 rings (SSSR count). The van der Waals surface area contributed by atoms with Crippen molar-refractivity contribution in [3.63, 3.8) is 0 Å². The Labute approximate surface area is 74.8 Å². The number of hydrogen-bond donors (Lipinski definition) is 2. The summed E-state index contributed by atoms with van der Waals surface area (Å²) in [5.41, 5.74) is 6.35. The lowest BCUT2D eigenvalue weighted by Gasteiger charge is -2.06. The highest BCUT2D eigenvalue weighted by atomic mass is 32.1. The molecule has 1 atom stereocenters. The van der Waals surface area contributed by atoms with Crippen LogP contribution in [0.2, 0.25) is 0 Å². The molecule has 1 unspecified atom stereocenters. The van der Waals surface area contributed by atoms with Crippen LogP contribution in [0.5, 0.6) is 0 Å². The molecule has 0 aliphatic rings. The van der Waals surface area contributed by atoms with Crippen molar-refractivity contribution in [3.8, 4) is 0 Å². The van der Waals surface area contributed by atoms with Gasteiger partial charge in [0.1, 0.15) is 0 Å². The van der Waals surface area contributed by atoms with Gasteiger partial charge in [0.25, 0.3) is 0 Å². The largest absolute Gasteiger partial charge is 0.391 e. The van der Waals surface area contributed by atoms with Gasteiger partial charge in [-0.25, -0.2) is 0 Å². The van der Waals surface area contributed by atoms with Gasteiger partial charge in [0, 0.05) is 4.88 Å². The predicted molar refractivity (Wildman–Crippen MR) is 47.9 cm³/mol. The summed E-state index contributed by atoms with van der Waals surface area (Å²) in [7, 11) is 0. The number of Topliss-reactive ketones (excluding diaryl/α,β-unsaturated/α-hetero) is 1. The number of thiophene rings is 1. The maximum atomic E-state index is 10.9. The van der Waals surface area contributed by atoms with Gasteiger partial charge in [-0.1, -0.05) is 0 Å². The van der Waals surface area contributed by atoms with Gasteiger partial charge in [-0.2, -0.15) is 0 Å². The van der Waals surface area contributed by atoms with Gasteiger partial charge >= 0.3 is 0 Å². The van der Waals surface area contributed by atoms with Crippen LogP contribution in [0.1, 0.15) is 23.4 Å². The van der Waals surface area contributed by atoms with Crippen molar-refractivity contribution < 1.29 is 9.90 Å². The van der Waals surface area contributed by atoms with Crippen molar-refractivity contribution in [1.82, 2.24) is 0 Å². The smallest absolute Gasteiger partial charge is 0.151 e. The second-order valence-electron chi connectivity index (χ2n) is 2.55. The first-order valence-electron chi connectivity index (χ1n) is 3.60. The number of rotatable bonds is 3. The molecule has 1 aromatic heterocycles. The maximum Gasteiger partial charge on any atom is 0.151 e. The average Bonchev–Trinajstić information content (AvgIpc) is 2.49. The summed E-state index contributed by atoms with van der Waals surface area (Å²) in [6.07, 6.45) is 0. The normalized spacial score (nSPS) is 12.9. The molecule has 0 spiro atoms. The minimum absolute atomic E-state index is 0.0476. The first kappa shape index (κ1) is 9.38. The summed E-state index contributed by atoms with van der Waals surface area (Å²) in [5, 5.41) is 10.7. The number of hydrogen-bond acceptors (Lipinski definition) is 4. The van der Waals surface area contributed by atoms with Crippen LogP contribution in [0.4, 0.5) is 0 Å². The number of carbonyl (C=O) groups excluding carboxylic acids is 1. The lowest BCUT2D eigenvalue weighted by molar-refractivity contribution is -0.118. The monoisotopic (exact) mass is 185 g/mol. The van der Waals surface area contributed by atoms with Crippen LogP contribution in [0.25, 0.3) is 0 Å². The summed E-state index contributed by atoms with van der Waals surface area (Å²) in [6.45, 7) is 1.40. The molecule has 0 saturated heterocycles. The fraction of sp³-hybridized carbons (Fsp3) is 0.375. The lowest BCUT2D eigenvalue weighted by Crippen LogP contribution is -2.19. The van der Waals surface area contributed by atoms with Crippen LogP contribution < -0.4 is 5.73 Å². The van der Waals surface area contributed by atoms with Crippen molar-refractivity contribution in [2.75, 3.05) is 0 Å². The Hall–Kier alpha value is -0.710. The molecule has 3 N–H and O–H groups in total. The molecule has 0 saturated carbocycles. The summed E-state index contributed by atoms with van der Waals surface area (Å²) >= 11 is 1.41. The third-order valence-corrected chi connectivity index (χ3v) is 2.62. The van der Waals surface area contributed by atoms with Gasteiger partial charge in [0.05, 0.1) is 12.6 Å². The highest BCUT2D eigenvalue weighted by molar-refractivity contribution is 7.10. The van der Waals surface area contributed by atoms with E-state index in [1.165, 1.54) is 18.3 Å². The second kappa shape index (κ2) is 3.80. The van der Waals surface area contributed by atoms with Gasteiger partial charge < -0.3 is 10.8 Å². The fourth-order valence-corrected chi connectivity index (χ4v) is 1.76. The van der Waals surface area contributed by atoms with E-state index in [0.29, 0.717) is 0 Å². The van der Waals surface area contributed by atoms with Crippen molar-refractivity contribution >= 4 is 17.1 Å². The molecule has 1 heterocycles. The zero-order valence-electron chi connectivity index (χ0n) is 6.78. The van der Waals surface area contributed by atoms with E-state index in [9.17, 15) is 4.79 Å². The summed E-state index contributed by atoms with van der Waals surface area (Å²) < 4.78 is 0. The van der Waals surface area contributed by atoms with Gasteiger partial charge in [-0.3, -0.25) is 4.79 Å². The topological polar surface area (TPSA) is 63.3 Å². The Kier molecular flexibility index (Phi) is 2.97. The molecule has 3 nitrogen and oxygen atoms in total. The van der Waals surface area contributed by atoms with Crippen LogP contribution in [-0.2, 0) is 11.4 Å². The molecule has 0 aromatic carbocycles. The molecule has 0 radical (unpaired) electrons. The van der Waals surface area contributed by atoms with Crippen LogP contribution in [0, 0.1) is 0 Å². The molecular formula is C8H11NO2S. The molecule has 4 heteroatoms. The van der Waals surface area contributed by atoms with Crippen molar-refractivity contribution in [2.24, 2.45) is 5.73 Å². The van der Waals surface area contributed by atoms with E-state index in [0.717, 1.165) is 10.4 Å². The molecule has 66 valence electrons. The van der Waals surface area contributed by atoms with Crippen LogP contribution in [0.3, 0.4) is 0 Å². The van der Waals surface area contributed by atoms with E-state index in [1.54, 1.807) is 6.07 Å². The number of nitrogens with two attached hydrogens (primary N) is 1. The quantitative estimate of drug-likeness (QED) is 0.733. The fourth-order valence-electron chi connectivity index (χ4n) is 0.975. The third kappa shape index (κ3) is 1.72. The minimum Gasteiger partial charge on any atom is -0.391 e. The number of aliphatic hydroxyl groups is 1. The van der Waals surface area contributed by atoms with Crippen LogP contribution in [0.15, 0.2) is 11.4 Å². The van der Waals surface area contributed by atoms with Crippen LogP contribution >= 0.6 is 11.3 Å². The SMILES string of the molecule is CC(=O)C(N)c1ccsc1CO. The lowest BCUT2D eigenvalue weighted by atomic mass is 10.1. The zero-order valence-corrected chi connectivity index (χ0v) is 7.60. The number of carbonyl (C=O) groups is 1. The average molecular weight is 185 g/mol. The van der Waals surface area contributed by atoms with E-state index >= 15 is 0 Å². The Balaban J connectivity index is 2.93. The Morgan fingerprint density at radius 3 is 3.00 bits per heavy atom. The number of aliphatic hydroxyl groups excluding tert-OH is 1. The predicted octanol–water partition coefficient (Wildman–Crippen LogP) is 0.829. The molecule has 12 heavy (non-hydrogen) atoms. The van der Waals surface area contributed by atoms with Gasteiger partial charge in [-0.05, 0) is 23.9 Å². The highest BCUT2D eigenvalue weighted by Crippen LogP contribution is 2.22. The first-order chi connectivity index (χ1) is 5.66. The summed E-state index contributed by atoms with van der Waals surface area (Å²) in [5.74, 6) is -0.0805. The van der Waals surface area contributed by atoms with Crippen LogP contribution in [-0.4, -0.2) is 10.9 Å². The van der Waals surface area contributed by atoms with Gasteiger partial charge in [-0.15, -0.1) is 11.3 Å².